The minimum absolute atomic E-state index is 0.183. The highest BCUT2D eigenvalue weighted by Gasteiger charge is 2.45. The fourth-order valence-electron chi connectivity index (χ4n) is 2.51. The van der Waals surface area contributed by atoms with Crippen molar-refractivity contribution in [3.05, 3.63) is 22.7 Å². The summed E-state index contributed by atoms with van der Waals surface area (Å²) < 4.78 is 52.7. The predicted molar refractivity (Wildman–Crippen MR) is 96.7 cm³/mol. The molecule has 5 N–H and O–H groups in total. The van der Waals surface area contributed by atoms with Crippen molar-refractivity contribution >= 4 is 35.7 Å². The molecule has 0 saturated carbocycles. The normalized spacial score (nSPS) is 29.3. The number of aromatic nitrogens is 2. The van der Waals surface area contributed by atoms with Crippen LogP contribution in [0.1, 0.15) is 18.8 Å². The first-order valence-electron chi connectivity index (χ1n) is 7.78. The number of rotatable bonds is 8. The van der Waals surface area contributed by atoms with Gasteiger partial charge in [-0.2, -0.15) is 8.62 Å². The number of hydrogen-bond acceptors (Lipinski definition) is 10. The minimum atomic E-state index is -5.63. The molecule has 1 fully saturated rings. The Kier molecular flexibility index (Phi) is 7.74. The van der Waals surface area contributed by atoms with Crippen molar-refractivity contribution in [1.82, 2.24) is 9.55 Å². The third-order valence-electron chi connectivity index (χ3n) is 3.74. The van der Waals surface area contributed by atoms with Crippen LogP contribution in [0.25, 0.3) is 0 Å². The SMILES string of the molecule is Cc1ccn(C2OC(COP(=O)(O)OP(=O)(O)OP(=O)(O)O)C(O)C2C)c(=S)n1. The van der Waals surface area contributed by atoms with Crippen LogP contribution in [0.15, 0.2) is 12.3 Å². The third kappa shape index (κ3) is 7.08. The minimum Gasteiger partial charge on any atom is -0.390 e. The monoisotopic (exact) mass is 496 g/mol. The van der Waals surface area contributed by atoms with Gasteiger partial charge in [-0.1, -0.05) is 6.92 Å². The lowest BCUT2D eigenvalue weighted by molar-refractivity contribution is -0.0461. The highest BCUT2D eigenvalue weighted by atomic mass is 32.1. The number of nitrogens with zero attached hydrogens (tertiary/aromatic N) is 2. The van der Waals surface area contributed by atoms with Gasteiger partial charge in [0.1, 0.15) is 12.3 Å². The Bertz CT molecular complexity index is 949. The second-order valence-electron chi connectivity index (χ2n) is 6.06. The quantitative estimate of drug-likeness (QED) is 0.253. The first kappa shape index (κ1) is 24.9. The van der Waals surface area contributed by atoms with Gasteiger partial charge in [0, 0.05) is 17.8 Å². The van der Waals surface area contributed by atoms with Crippen molar-refractivity contribution in [3.8, 4) is 0 Å². The van der Waals surface area contributed by atoms with Crippen molar-refractivity contribution in [2.24, 2.45) is 5.92 Å². The van der Waals surface area contributed by atoms with Gasteiger partial charge in [-0.25, -0.2) is 18.7 Å². The molecule has 1 aromatic rings. The second kappa shape index (κ2) is 9.01. The number of phosphoric ester groups is 1. The number of ether oxygens (including phenoxy) is 1. The Labute approximate surface area is 169 Å². The van der Waals surface area contributed by atoms with Gasteiger partial charge >= 0.3 is 23.5 Å². The van der Waals surface area contributed by atoms with Crippen LogP contribution < -0.4 is 0 Å². The highest BCUT2D eigenvalue weighted by Crippen LogP contribution is 2.66. The molecular weight excluding hydrogens is 477 g/mol. The summed E-state index contributed by atoms with van der Waals surface area (Å²) in [4.78, 5) is 39.7. The van der Waals surface area contributed by atoms with Gasteiger partial charge in [-0.05, 0) is 25.2 Å². The maximum Gasteiger partial charge on any atom is 0.490 e. The fourth-order valence-corrected chi connectivity index (χ4v) is 5.85. The zero-order chi connectivity index (χ0) is 22.2. The zero-order valence-corrected chi connectivity index (χ0v) is 18.4. The van der Waals surface area contributed by atoms with E-state index >= 15 is 0 Å². The van der Waals surface area contributed by atoms with Crippen LogP contribution in [0.3, 0.4) is 0 Å². The van der Waals surface area contributed by atoms with Gasteiger partial charge in [0.2, 0.25) is 4.77 Å². The van der Waals surface area contributed by atoms with Gasteiger partial charge < -0.3 is 29.4 Å². The molecule has 2 heterocycles. The largest absolute Gasteiger partial charge is 0.490 e. The van der Waals surface area contributed by atoms with E-state index in [2.05, 4.69) is 18.1 Å². The van der Waals surface area contributed by atoms with Gasteiger partial charge in [0.25, 0.3) is 0 Å². The number of aryl methyl sites for hydroxylation is 1. The number of phosphoric acid groups is 3. The van der Waals surface area contributed by atoms with E-state index in [1.165, 1.54) is 4.57 Å². The summed E-state index contributed by atoms with van der Waals surface area (Å²) in [5.41, 5.74) is 0.668. The van der Waals surface area contributed by atoms with Crippen molar-refractivity contribution in [2.45, 2.75) is 32.3 Å². The van der Waals surface area contributed by atoms with E-state index in [1.54, 1.807) is 26.1 Å². The van der Waals surface area contributed by atoms with Gasteiger partial charge in [0.15, 0.2) is 0 Å². The van der Waals surface area contributed by atoms with E-state index in [9.17, 15) is 23.7 Å². The molecular formula is C11H19N2O12P3S. The van der Waals surface area contributed by atoms with Crippen LogP contribution in [0.2, 0.25) is 0 Å². The highest BCUT2D eigenvalue weighted by molar-refractivity contribution is 7.71. The summed E-state index contributed by atoms with van der Waals surface area (Å²) in [5.74, 6) is -0.541. The maximum absolute atomic E-state index is 11.8. The molecule has 0 amide bonds. The number of hydrogen-bond donors (Lipinski definition) is 5. The van der Waals surface area contributed by atoms with Crippen molar-refractivity contribution in [1.29, 1.82) is 0 Å². The molecule has 6 unspecified atom stereocenters. The van der Waals surface area contributed by atoms with Gasteiger partial charge in [0.05, 0.1) is 12.7 Å². The molecule has 0 radical (unpaired) electrons. The summed E-state index contributed by atoms with van der Waals surface area (Å²) >= 11 is 5.15. The summed E-state index contributed by atoms with van der Waals surface area (Å²) in [6, 6.07) is 1.66. The average molecular weight is 496 g/mol. The lowest BCUT2D eigenvalue weighted by Crippen LogP contribution is -2.29. The molecule has 0 aromatic carbocycles. The molecule has 0 bridgehead atoms. The Hall–Kier alpha value is -0.370. The first-order chi connectivity index (χ1) is 13.1. The topological polar surface area (TPSA) is 207 Å². The molecule has 0 spiro atoms. The molecule has 18 heteroatoms. The van der Waals surface area contributed by atoms with Crippen LogP contribution in [-0.2, 0) is 31.6 Å². The first-order valence-corrected chi connectivity index (χ1v) is 12.7. The Morgan fingerprint density at radius 2 is 1.83 bits per heavy atom. The van der Waals surface area contributed by atoms with Gasteiger partial charge in [-0.3, -0.25) is 9.09 Å². The molecule has 166 valence electrons. The van der Waals surface area contributed by atoms with Crippen molar-refractivity contribution < 1.29 is 56.3 Å². The smallest absolute Gasteiger partial charge is 0.390 e. The lowest BCUT2D eigenvalue weighted by atomic mass is 10.0. The standard InChI is InChI=1S/C11H19N2O12P3S/c1-6-3-4-13(11(29)12-6)10-7(2)9(14)8(23-10)5-22-27(18,19)25-28(20,21)24-26(15,16)17/h3-4,7-10,14H,5H2,1-2H3,(H,18,19)(H,20,21)(H2,15,16,17). The Balaban J connectivity index is 2.05. The van der Waals surface area contributed by atoms with E-state index in [0.29, 0.717) is 5.69 Å². The second-order valence-corrected chi connectivity index (χ2v) is 10.8. The van der Waals surface area contributed by atoms with Crippen molar-refractivity contribution in [2.75, 3.05) is 6.61 Å². The number of aliphatic hydroxyl groups is 1. The number of aliphatic hydroxyl groups excluding tert-OH is 1. The van der Waals surface area contributed by atoms with Crippen LogP contribution >= 0.6 is 35.7 Å². The molecule has 6 atom stereocenters. The fraction of sp³-hybridized carbons (Fsp3) is 0.636. The predicted octanol–water partition coefficient (Wildman–Crippen LogP) is 1.16. The molecule has 2 rings (SSSR count). The average Bonchev–Trinajstić information content (AvgIpc) is 2.78. The zero-order valence-electron chi connectivity index (χ0n) is 14.9. The van der Waals surface area contributed by atoms with E-state index in [4.69, 9.17) is 31.6 Å². The summed E-state index contributed by atoms with van der Waals surface area (Å²) in [6.07, 6.45) is -1.53. The van der Waals surface area contributed by atoms with E-state index in [-0.39, 0.29) is 4.77 Å². The molecule has 1 saturated heterocycles. The Morgan fingerprint density at radius 1 is 1.21 bits per heavy atom. The summed E-state index contributed by atoms with van der Waals surface area (Å²) in [7, 11) is -16.4. The van der Waals surface area contributed by atoms with Crippen LogP contribution in [0.5, 0.6) is 0 Å². The van der Waals surface area contributed by atoms with Crippen LogP contribution in [-0.4, -0.2) is 53.0 Å². The van der Waals surface area contributed by atoms with Crippen LogP contribution in [0.4, 0.5) is 0 Å². The lowest BCUT2D eigenvalue weighted by Gasteiger charge is -2.19. The van der Waals surface area contributed by atoms with Gasteiger partial charge in [-0.15, -0.1) is 0 Å². The summed E-state index contributed by atoms with van der Waals surface area (Å²) in [6.45, 7) is 2.60. The third-order valence-corrected chi connectivity index (χ3v) is 7.85. The van der Waals surface area contributed by atoms with Crippen molar-refractivity contribution in [3.63, 3.8) is 0 Å². The molecule has 1 aromatic heterocycles. The Morgan fingerprint density at radius 3 is 2.38 bits per heavy atom. The maximum atomic E-state index is 11.8. The molecule has 1 aliphatic heterocycles. The summed E-state index contributed by atoms with van der Waals surface area (Å²) in [5, 5.41) is 10.3. The van der Waals surface area contributed by atoms with E-state index in [0.717, 1.165) is 0 Å². The van der Waals surface area contributed by atoms with E-state index < -0.39 is 54.4 Å². The molecule has 0 aliphatic carbocycles. The van der Waals surface area contributed by atoms with E-state index in [1.807, 2.05) is 0 Å². The molecule has 29 heavy (non-hydrogen) atoms. The van der Waals surface area contributed by atoms with Crippen LogP contribution in [0, 0.1) is 17.6 Å². The molecule has 1 aliphatic rings. The molecule has 14 nitrogen and oxygen atoms in total.